The third-order valence-corrected chi connectivity index (χ3v) is 6.19. The van der Waals surface area contributed by atoms with E-state index in [4.69, 9.17) is 0 Å². The topological polar surface area (TPSA) is 87.2 Å². The predicted molar refractivity (Wildman–Crippen MR) is 130 cm³/mol. The van der Waals surface area contributed by atoms with Crippen LogP contribution < -0.4 is 15.5 Å². The van der Waals surface area contributed by atoms with Crippen molar-refractivity contribution in [2.24, 2.45) is 5.92 Å². The standard InChI is InChI=1S/C24H29N5O2S/c1-5-16(2)21(25-20(30)15-17-9-7-6-8-10-17)22(31)26-24-28-27-23(32-24)18-11-13-19(14-12-18)29(3)4/h6-14,16,21H,5,15H2,1-4H3,(H,25,30)(H,26,28,31). The molecule has 2 amide bonds. The van der Waals surface area contributed by atoms with Crippen LogP contribution >= 0.6 is 11.3 Å². The summed E-state index contributed by atoms with van der Waals surface area (Å²) >= 11 is 1.31. The molecule has 168 valence electrons. The van der Waals surface area contributed by atoms with Crippen LogP contribution in [0.2, 0.25) is 0 Å². The number of aromatic nitrogens is 2. The van der Waals surface area contributed by atoms with Gasteiger partial charge in [0.25, 0.3) is 0 Å². The van der Waals surface area contributed by atoms with Gasteiger partial charge in [0, 0.05) is 25.3 Å². The maximum Gasteiger partial charge on any atom is 0.249 e. The van der Waals surface area contributed by atoms with Gasteiger partial charge in [-0.2, -0.15) is 0 Å². The van der Waals surface area contributed by atoms with Gasteiger partial charge in [0.05, 0.1) is 6.42 Å². The molecular formula is C24H29N5O2S. The lowest BCUT2D eigenvalue weighted by Crippen LogP contribution is -2.48. The zero-order valence-corrected chi connectivity index (χ0v) is 19.6. The first kappa shape index (κ1) is 23.4. The molecule has 3 aromatic rings. The average Bonchev–Trinajstić information content (AvgIpc) is 3.26. The molecule has 8 heteroatoms. The van der Waals surface area contributed by atoms with Gasteiger partial charge in [-0.1, -0.05) is 61.9 Å². The van der Waals surface area contributed by atoms with Crippen molar-refractivity contribution in [2.45, 2.75) is 32.7 Å². The summed E-state index contributed by atoms with van der Waals surface area (Å²) in [6.45, 7) is 3.94. The number of carbonyl (C=O) groups is 2. The van der Waals surface area contributed by atoms with Crippen LogP contribution in [0.15, 0.2) is 54.6 Å². The molecule has 0 radical (unpaired) electrons. The Labute approximate surface area is 192 Å². The first-order valence-electron chi connectivity index (χ1n) is 10.6. The highest BCUT2D eigenvalue weighted by molar-refractivity contribution is 7.18. The number of amides is 2. The van der Waals surface area contributed by atoms with Crippen LogP contribution in [0.3, 0.4) is 0 Å². The quantitative estimate of drug-likeness (QED) is 0.514. The van der Waals surface area contributed by atoms with Crippen LogP contribution in [0, 0.1) is 5.92 Å². The number of nitrogens with zero attached hydrogens (tertiary/aromatic N) is 3. The molecule has 32 heavy (non-hydrogen) atoms. The number of benzene rings is 2. The van der Waals surface area contributed by atoms with Gasteiger partial charge in [-0.3, -0.25) is 14.9 Å². The molecular weight excluding hydrogens is 422 g/mol. The number of rotatable bonds is 9. The lowest BCUT2D eigenvalue weighted by molar-refractivity contribution is -0.127. The summed E-state index contributed by atoms with van der Waals surface area (Å²) in [6.07, 6.45) is 0.982. The van der Waals surface area contributed by atoms with Crippen LogP contribution in [0.4, 0.5) is 10.8 Å². The van der Waals surface area contributed by atoms with Gasteiger partial charge in [0.1, 0.15) is 11.0 Å². The lowest BCUT2D eigenvalue weighted by atomic mass is 9.98. The Balaban J connectivity index is 1.66. The van der Waals surface area contributed by atoms with Gasteiger partial charge in [-0.05, 0) is 35.7 Å². The zero-order chi connectivity index (χ0) is 23.1. The summed E-state index contributed by atoms with van der Waals surface area (Å²) in [5.74, 6) is -0.498. The summed E-state index contributed by atoms with van der Waals surface area (Å²) in [5, 5.41) is 15.2. The van der Waals surface area contributed by atoms with Crippen molar-refractivity contribution in [2.75, 3.05) is 24.3 Å². The van der Waals surface area contributed by atoms with Gasteiger partial charge < -0.3 is 10.2 Å². The molecule has 2 atom stereocenters. The Hall–Kier alpha value is -3.26. The van der Waals surface area contributed by atoms with Crippen LogP contribution in [0.5, 0.6) is 0 Å². The molecule has 1 aromatic heterocycles. The fourth-order valence-corrected chi connectivity index (χ4v) is 3.94. The molecule has 0 spiro atoms. The molecule has 1 heterocycles. The van der Waals surface area contributed by atoms with E-state index in [2.05, 4.69) is 20.8 Å². The predicted octanol–water partition coefficient (Wildman–Crippen LogP) is 3.98. The number of hydrogen-bond donors (Lipinski definition) is 2. The van der Waals surface area contributed by atoms with Gasteiger partial charge in [0.2, 0.25) is 16.9 Å². The molecule has 2 aromatic carbocycles. The fraction of sp³-hybridized carbons (Fsp3) is 0.333. The minimum atomic E-state index is -0.650. The van der Waals surface area contributed by atoms with Crippen molar-refractivity contribution in [3.63, 3.8) is 0 Å². The van der Waals surface area contributed by atoms with E-state index in [-0.39, 0.29) is 24.2 Å². The third-order valence-electron chi connectivity index (χ3n) is 5.31. The maximum absolute atomic E-state index is 13.0. The Bertz CT molecular complexity index is 1030. The monoisotopic (exact) mass is 451 g/mol. The Morgan fingerprint density at radius 2 is 1.72 bits per heavy atom. The second-order valence-electron chi connectivity index (χ2n) is 7.94. The summed E-state index contributed by atoms with van der Waals surface area (Å²) in [5.41, 5.74) is 2.93. The van der Waals surface area contributed by atoms with E-state index in [9.17, 15) is 9.59 Å². The fourth-order valence-electron chi connectivity index (χ4n) is 3.18. The van der Waals surface area contributed by atoms with Crippen molar-refractivity contribution >= 4 is 34.0 Å². The summed E-state index contributed by atoms with van der Waals surface area (Å²) < 4.78 is 0. The maximum atomic E-state index is 13.0. The van der Waals surface area contributed by atoms with Crippen LogP contribution in [0.25, 0.3) is 10.6 Å². The van der Waals surface area contributed by atoms with E-state index in [1.165, 1.54) is 11.3 Å². The molecule has 2 unspecified atom stereocenters. The summed E-state index contributed by atoms with van der Waals surface area (Å²) in [7, 11) is 3.97. The Morgan fingerprint density at radius 1 is 1.03 bits per heavy atom. The van der Waals surface area contributed by atoms with Crippen LogP contribution in [-0.2, 0) is 16.0 Å². The van der Waals surface area contributed by atoms with Gasteiger partial charge in [-0.25, -0.2) is 0 Å². The van der Waals surface area contributed by atoms with Crippen molar-refractivity contribution in [1.29, 1.82) is 0 Å². The molecule has 0 fully saturated rings. The number of carbonyl (C=O) groups excluding carboxylic acids is 2. The van der Waals surface area contributed by atoms with Crippen molar-refractivity contribution in [1.82, 2.24) is 15.5 Å². The first-order valence-corrected chi connectivity index (χ1v) is 11.4. The average molecular weight is 452 g/mol. The molecule has 7 nitrogen and oxygen atoms in total. The second kappa shape index (κ2) is 10.9. The van der Waals surface area contributed by atoms with Gasteiger partial charge in [0.15, 0.2) is 0 Å². The molecule has 3 rings (SSSR count). The van der Waals surface area contributed by atoms with E-state index < -0.39 is 6.04 Å². The highest BCUT2D eigenvalue weighted by Crippen LogP contribution is 2.28. The first-order chi connectivity index (χ1) is 15.4. The highest BCUT2D eigenvalue weighted by atomic mass is 32.1. The van der Waals surface area contributed by atoms with E-state index in [0.717, 1.165) is 28.2 Å². The van der Waals surface area contributed by atoms with Crippen molar-refractivity contribution in [3.05, 3.63) is 60.2 Å². The highest BCUT2D eigenvalue weighted by Gasteiger charge is 2.27. The SMILES string of the molecule is CCC(C)C(NC(=O)Cc1ccccc1)C(=O)Nc1nnc(-c2ccc(N(C)C)cc2)s1. The third kappa shape index (κ3) is 6.13. The molecule has 0 aliphatic rings. The molecule has 2 N–H and O–H groups in total. The van der Waals surface area contributed by atoms with E-state index in [1.54, 1.807) is 0 Å². The van der Waals surface area contributed by atoms with Gasteiger partial charge in [-0.15, -0.1) is 10.2 Å². The number of anilines is 2. The van der Waals surface area contributed by atoms with Gasteiger partial charge >= 0.3 is 0 Å². The van der Waals surface area contributed by atoms with Crippen molar-refractivity contribution < 1.29 is 9.59 Å². The Kier molecular flexibility index (Phi) is 7.94. The Morgan fingerprint density at radius 3 is 2.34 bits per heavy atom. The largest absolute Gasteiger partial charge is 0.378 e. The summed E-state index contributed by atoms with van der Waals surface area (Å²) in [4.78, 5) is 27.5. The van der Waals surface area contributed by atoms with Crippen LogP contribution in [0.1, 0.15) is 25.8 Å². The minimum Gasteiger partial charge on any atom is -0.378 e. The normalized spacial score (nSPS) is 12.6. The zero-order valence-electron chi connectivity index (χ0n) is 18.8. The van der Waals surface area contributed by atoms with Crippen LogP contribution in [-0.4, -0.2) is 42.1 Å². The summed E-state index contributed by atoms with van der Waals surface area (Å²) in [6, 6.07) is 16.8. The molecule has 0 saturated heterocycles. The molecule has 0 aliphatic carbocycles. The smallest absolute Gasteiger partial charge is 0.249 e. The molecule has 0 aliphatic heterocycles. The second-order valence-corrected chi connectivity index (χ2v) is 8.91. The molecule has 0 saturated carbocycles. The van der Waals surface area contributed by atoms with E-state index in [0.29, 0.717) is 5.13 Å². The lowest BCUT2D eigenvalue weighted by Gasteiger charge is -2.23. The molecule has 0 bridgehead atoms. The minimum absolute atomic E-state index is 0.0271. The number of hydrogen-bond acceptors (Lipinski definition) is 6. The van der Waals surface area contributed by atoms with Crippen molar-refractivity contribution in [3.8, 4) is 10.6 Å². The number of nitrogens with one attached hydrogen (secondary N) is 2. The van der Waals surface area contributed by atoms with E-state index in [1.807, 2.05) is 87.4 Å². The van der Waals surface area contributed by atoms with E-state index >= 15 is 0 Å².